The van der Waals surface area contributed by atoms with Gasteiger partial charge in [-0.1, -0.05) is 31.2 Å². The van der Waals surface area contributed by atoms with Gasteiger partial charge in [0.15, 0.2) is 0 Å². The van der Waals surface area contributed by atoms with Crippen molar-refractivity contribution in [1.82, 2.24) is 5.32 Å². The quantitative estimate of drug-likeness (QED) is 0.855. The highest BCUT2D eigenvalue weighted by Gasteiger charge is 2.49. The Hall–Kier alpha value is -1.35. The second-order valence-corrected chi connectivity index (χ2v) is 5.56. The van der Waals surface area contributed by atoms with E-state index >= 15 is 0 Å². The van der Waals surface area contributed by atoms with Gasteiger partial charge in [0.25, 0.3) is 0 Å². The first-order valence-electron chi connectivity index (χ1n) is 6.73. The standard InChI is InChI=1S/C15H19NO2/c1-2-15(7-8-15)14(18)16-13-11-6-4-3-5-10(11)9-12(13)17/h3-6,12-13,17H,2,7-9H2,1H3,(H,16,18)/t12-,13+/m1/s1. The van der Waals surface area contributed by atoms with Crippen LogP contribution in [0.25, 0.3) is 0 Å². The summed E-state index contributed by atoms with van der Waals surface area (Å²) in [5.74, 6) is 0.116. The summed E-state index contributed by atoms with van der Waals surface area (Å²) < 4.78 is 0. The molecule has 2 atom stereocenters. The zero-order chi connectivity index (χ0) is 12.8. The number of carbonyl (C=O) groups is 1. The fourth-order valence-corrected chi connectivity index (χ4v) is 2.93. The number of hydrogen-bond donors (Lipinski definition) is 2. The topological polar surface area (TPSA) is 49.3 Å². The summed E-state index contributed by atoms with van der Waals surface area (Å²) in [5.41, 5.74) is 2.08. The Labute approximate surface area is 107 Å². The molecule has 2 N–H and O–H groups in total. The molecule has 1 aromatic carbocycles. The summed E-state index contributed by atoms with van der Waals surface area (Å²) in [4.78, 5) is 12.2. The molecule has 96 valence electrons. The molecule has 1 amide bonds. The first-order chi connectivity index (χ1) is 8.66. The second-order valence-electron chi connectivity index (χ2n) is 5.56. The van der Waals surface area contributed by atoms with Crippen LogP contribution in [0.2, 0.25) is 0 Å². The van der Waals surface area contributed by atoms with E-state index in [-0.39, 0.29) is 17.4 Å². The van der Waals surface area contributed by atoms with Crippen LogP contribution in [0.1, 0.15) is 43.4 Å². The summed E-state index contributed by atoms with van der Waals surface area (Å²) in [7, 11) is 0. The number of carbonyl (C=O) groups excluding carboxylic acids is 1. The number of nitrogens with one attached hydrogen (secondary N) is 1. The Morgan fingerprint density at radius 2 is 2.17 bits per heavy atom. The first kappa shape index (κ1) is 11.7. The lowest BCUT2D eigenvalue weighted by Crippen LogP contribution is -2.38. The van der Waals surface area contributed by atoms with E-state index in [0.717, 1.165) is 30.4 Å². The van der Waals surface area contributed by atoms with Gasteiger partial charge in [-0.05, 0) is 30.4 Å². The zero-order valence-corrected chi connectivity index (χ0v) is 10.6. The van der Waals surface area contributed by atoms with Crippen molar-refractivity contribution >= 4 is 5.91 Å². The molecule has 3 heteroatoms. The Morgan fingerprint density at radius 3 is 2.83 bits per heavy atom. The average Bonchev–Trinajstić information content (AvgIpc) is 3.12. The summed E-state index contributed by atoms with van der Waals surface area (Å²) >= 11 is 0. The molecule has 0 heterocycles. The lowest BCUT2D eigenvalue weighted by Gasteiger charge is -2.21. The van der Waals surface area contributed by atoms with Gasteiger partial charge in [0.2, 0.25) is 5.91 Å². The number of hydrogen-bond acceptors (Lipinski definition) is 2. The van der Waals surface area contributed by atoms with E-state index in [4.69, 9.17) is 0 Å². The fourth-order valence-electron chi connectivity index (χ4n) is 2.93. The molecular formula is C15H19NO2. The van der Waals surface area contributed by atoms with Gasteiger partial charge in [-0.3, -0.25) is 4.79 Å². The monoisotopic (exact) mass is 245 g/mol. The molecule has 1 aromatic rings. The predicted octanol–water partition coefficient (Wildman–Crippen LogP) is 1.95. The molecule has 0 aromatic heterocycles. The van der Waals surface area contributed by atoms with Crippen LogP contribution in [0.4, 0.5) is 0 Å². The van der Waals surface area contributed by atoms with Crippen molar-refractivity contribution in [3.8, 4) is 0 Å². The van der Waals surface area contributed by atoms with E-state index in [1.165, 1.54) is 0 Å². The minimum Gasteiger partial charge on any atom is -0.390 e. The number of amides is 1. The maximum atomic E-state index is 12.2. The van der Waals surface area contributed by atoms with Gasteiger partial charge >= 0.3 is 0 Å². The van der Waals surface area contributed by atoms with Crippen LogP contribution in [-0.2, 0) is 11.2 Å². The van der Waals surface area contributed by atoms with Gasteiger partial charge < -0.3 is 10.4 Å². The molecule has 1 saturated carbocycles. The molecule has 0 spiro atoms. The minimum absolute atomic E-state index is 0.116. The SMILES string of the molecule is CCC1(C(=O)N[C@H]2c3ccccc3C[C@H]2O)CC1. The average molecular weight is 245 g/mol. The fraction of sp³-hybridized carbons (Fsp3) is 0.533. The maximum absolute atomic E-state index is 12.2. The molecule has 1 fully saturated rings. The molecule has 0 saturated heterocycles. The lowest BCUT2D eigenvalue weighted by molar-refractivity contribution is -0.128. The first-order valence-corrected chi connectivity index (χ1v) is 6.73. The number of aliphatic hydroxyl groups is 1. The van der Waals surface area contributed by atoms with E-state index in [1.807, 2.05) is 24.3 Å². The highest BCUT2D eigenvalue weighted by molar-refractivity contribution is 5.85. The Morgan fingerprint density at radius 1 is 1.44 bits per heavy atom. The van der Waals surface area contributed by atoms with Crippen molar-refractivity contribution in [1.29, 1.82) is 0 Å². The lowest BCUT2D eigenvalue weighted by atomic mass is 10.0. The third kappa shape index (κ3) is 1.74. The molecule has 2 aliphatic carbocycles. The van der Waals surface area contributed by atoms with Gasteiger partial charge in [-0.25, -0.2) is 0 Å². The third-order valence-electron chi connectivity index (χ3n) is 4.50. The van der Waals surface area contributed by atoms with Crippen molar-refractivity contribution < 1.29 is 9.90 Å². The van der Waals surface area contributed by atoms with E-state index in [2.05, 4.69) is 12.2 Å². The van der Waals surface area contributed by atoms with Crippen LogP contribution in [0, 0.1) is 5.41 Å². The van der Waals surface area contributed by atoms with Crippen molar-refractivity contribution in [3.05, 3.63) is 35.4 Å². The van der Waals surface area contributed by atoms with E-state index in [9.17, 15) is 9.90 Å². The summed E-state index contributed by atoms with van der Waals surface area (Å²) in [5, 5.41) is 13.2. The van der Waals surface area contributed by atoms with Gasteiger partial charge in [0.05, 0.1) is 12.1 Å². The summed E-state index contributed by atoms with van der Waals surface area (Å²) in [6.45, 7) is 2.06. The van der Waals surface area contributed by atoms with E-state index < -0.39 is 6.10 Å². The van der Waals surface area contributed by atoms with Gasteiger partial charge in [0.1, 0.15) is 0 Å². The molecule has 3 rings (SSSR count). The molecule has 0 unspecified atom stereocenters. The van der Waals surface area contributed by atoms with Gasteiger partial charge in [-0.15, -0.1) is 0 Å². The van der Waals surface area contributed by atoms with Gasteiger partial charge in [-0.2, -0.15) is 0 Å². The van der Waals surface area contributed by atoms with E-state index in [0.29, 0.717) is 6.42 Å². The number of fused-ring (bicyclic) bond motifs is 1. The largest absolute Gasteiger partial charge is 0.390 e. The Bertz CT molecular complexity index is 479. The van der Waals surface area contributed by atoms with Crippen molar-refractivity contribution in [3.63, 3.8) is 0 Å². The Kier molecular flexibility index (Phi) is 2.67. The molecule has 0 bridgehead atoms. The highest BCUT2D eigenvalue weighted by Crippen LogP contribution is 2.49. The van der Waals surface area contributed by atoms with Crippen LogP contribution in [0.3, 0.4) is 0 Å². The zero-order valence-electron chi connectivity index (χ0n) is 10.6. The number of benzene rings is 1. The van der Waals surface area contributed by atoms with Crippen LogP contribution in [-0.4, -0.2) is 17.1 Å². The molecule has 18 heavy (non-hydrogen) atoms. The van der Waals surface area contributed by atoms with Crippen LogP contribution >= 0.6 is 0 Å². The molecule has 0 aliphatic heterocycles. The Balaban J connectivity index is 1.79. The normalized spacial score (nSPS) is 27.7. The van der Waals surface area contributed by atoms with Crippen LogP contribution in [0.5, 0.6) is 0 Å². The van der Waals surface area contributed by atoms with E-state index in [1.54, 1.807) is 0 Å². The molecule has 2 aliphatic rings. The van der Waals surface area contributed by atoms with Crippen molar-refractivity contribution in [2.45, 2.75) is 44.8 Å². The van der Waals surface area contributed by atoms with Crippen molar-refractivity contribution in [2.75, 3.05) is 0 Å². The summed E-state index contributed by atoms with van der Waals surface area (Å²) in [6, 6.07) is 7.74. The van der Waals surface area contributed by atoms with Crippen LogP contribution in [0.15, 0.2) is 24.3 Å². The highest BCUT2D eigenvalue weighted by atomic mass is 16.3. The number of aliphatic hydroxyl groups excluding tert-OH is 1. The smallest absolute Gasteiger partial charge is 0.226 e. The number of rotatable bonds is 3. The maximum Gasteiger partial charge on any atom is 0.226 e. The predicted molar refractivity (Wildman–Crippen MR) is 69.0 cm³/mol. The summed E-state index contributed by atoms with van der Waals surface area (Å²) in [6.07, 6.45) is 3.02. The molecule has 3 nitrogen and oxygen atoms in total. The third-order valence-corrected chi connectivity index (χ3v) is 4.50. The van der Waals surface area contributed by atoms with Crippen molar-refractivity contribution in [2.24, 2.45) is 5.41 Å². The molecule has 0 radical (unpaired) electrons. The molecular weight excluding hydrogens is 226 g/mol. The van der Waals surface area contributed by atoms with Gasteiger partial charge in [0, 0.05) is 11.8 Å². The minimum atomic E-state index is -0.487. The van der Waals surface area contributed by atoms with Crippen LogP contribution < -0.4 is 5.32 Å². The second kappa shape index (κ2) is 4.09.